The van der Waals surface area contributed by atoms with Gasteiger partial charge in [0.25, 0.3) is 0 Å². The van der Waals surface area contributed by atoms with Crippen LogP contribution >= 0.6 is 0 Å². The van der Waals surface area contributed by atoms with Crippen molar-refractivity contribution in [3.05, 3.63) is 102 Å². The zero-order valence-corrected chi connectivity index (χ0v) is 22.4. The first-order valence-corrected chi connectivity index (χ1v) is 14.2. The Kier molecular flexibility index (Phi) is 9.85. The molecule has 0 aliphatic heterocycles. The molecule has 0 saturated carbocycles. The van der Waals surface area contributed by atoms with Crippen LogP contribution in [0.4, 0.5) is 5.69 Å². The lowest BCUT2D eigenvalue weighted by Crippen LogP contribution is -2.53. The van der Waals surface area contributed by atoms with Crippen molar-refractivity contribution in [2.24, 2.45) is 0 Å². The summed E-state index contributed by atoms with van der Waals surface area (Å²) >= 11 is 0. The zero-order chi connectivity index (χ0) is 26.8. The lowest BCUT2D eigenvalue weighted by molar-refractivity contribution is -0.140. The van der Waals surface area contributed by atoms with Gasteiger partial charge in [0, 0.05) is 19.5 Å². The molecule has 0 aromatic heterocycles. The van der Waals surface area contributed by atoms with Gasteiger partial charge in [-0.2, -0.15) is 0 Å². The molecule has 0 radical (unpaired) electrons. The average molecular weight is 522 g/mol. The fourth-order valence-corrected chi connectivity index (χ4v) is 4.87. The summed E-state index contributed by atoms with van der Waals surface area (Å²) in [5.41, 5.74) is 3.23. The number of hydrogen-bond donors (Lipinski definition) is 1. The standard InChI is InChI=1S/C29H35N3O4S/c1-4-19-30-29(34)27(20-24-11-7-5-8-12-24)31(21-25-17-15-23(2)16-18-25)28(33)22-32(37(3,35)36)26-13-9-6-10-14-26/h5-18,27H,4,19-22H2,1-3H3,(H,30,34)/t27-/m0/s1. The van der Waals surface area contributed by atoms with Gasteiger partial charge in [0.2, 0.25) is 21.8 Å². The van der Waals surface area contributed by atoms with E-state index >= 15 is 0 Å². The molecule has 0 aliphatic carbocycles. The first-order valence-electron chi connectivity index (χ1n) is 12.4. The number of anilines is 1. The number of carbonyl (C=O) groups is 2. The fourth-order valence-electron chi connectivity index (χ4n) is 4.02. The van der Waals surface area contributed by atoms with Crippen LogP contribution in [0.3, 0.4) is 0 Å². The van der Waals surface area contributed by atoms with E-state index < -0.39 is 28.5 Å². The number of para-hydroxylation sites is 1. The Morgan fingerprint density at radius 3 is 2.03 bits per heavy atom. The Bertz CT molecular complexity index is 1260. The molecule has 196 valence electrons. The number of hydrogen-bond acceptors (Lipinski definition) is 4. The van der Waals surface area contributed by atoms with Crippen molar-refractivity contribution >= 4 is 27.5 Å². The molecule has 1 N–H and O–H groups in total. The molecule has 0 bridgehead atoms. The molecule has 8 heteroatoms. The lowest BCUT2D eigenvalue weighted by atomic mass is 10.0. The summed E-state index contributed by atoms with van der Waals surface area (Å²) < 4.78 is 26.5. The predicted octanol–water partition coefficient (Wildman–Crippen LogP) is 3.93. The second-order valence-electron chi connectivity index (χ2n) is 9.11. The van der Waals surface area contributed by atoms with Crippen LogP contribution in [-0.4, -0.2) is 50.5 Å². The summed E-state index contributed by atoms with van der Waals surface area (Å²) in [6, 6.07) is 25.0. The van der Waals surface area contributed by atoms with Crippen molar-refractivity contribution in [3.8, 4) is 0 Å². The van der Waals surface area contributed by atoms with Gasteiger partial charge in [-0.25, -0.2) is 8.42 Å². The highest BCUT2D eigenvalue weighted by Gasteiger charge is 2.32. The van der Waals surface area contributed by atoms with E-state index in [1.807, 2.05) is 68.4 Å². The number of nitrogens with zero attached hydrogens (tertiary/aromatic N) is 2. The van der Waals surface area contributed by atoms with Crippen LogP contribution in [0.2, 0.25) is 0 Å². The van der Waals surface area contributed by atoms with Gasteiger partial charge < -0.3 is 10.2 Å². The van der Waals surface area contributed by atoms with E-state index in [1.165, 1.54) is 4.90 Å². The van der Waals surface area contributed by atoms with Gasteiger partial charge in [-0.05, 0) is 36.6 Å². The van der Waals surface area contributed by atoms with Gasteiger partial charge in [0.05, 0.1) is 11.9 Å². The highest BCUT2D eigenvalue weighted by Crippen LogP contribution is 2.20. The zero-order valence-electron chi connectivity index (χ0n) is 21.6. The molecule has 3 rings (SSSR count). The average Bonchev–Trinajstić information content (AvgIpc) is 2.89. The lowest BCUT2D eigenvalue weighted by Gasteiger charge is -2.33. The fraction of sp³-hybridized carbons (Fsp3) is 0.310. The minimum absolute atomic E-state index is 0.169. The second kappa shape index (κ2) is 13.1. The third kappa shape index (κ3) is 8.18. The molecule has 7 nitrogen and oxygen atoms in total. The normalized spacial score (nSPS) is 12.0. The number of sulfonamides is 1. The Labute approximate surface area is 220 Å². The van der Waals surface area contributed by atoms with Crippen LogP contribution in [0.15, 0.2) is 84.9 Å². The second-order valence-corrected chi connectivity index (χ2v) is 11.0. The van der Waals surface area contributed by atoms with Crippen LogP contribution in [0.25, 0.3) is 0 Å². The molecule has 0 heterocycles. The first kappa shape index (κ1) is 27.9. The van der Waals surface area contributed by atoms with E-state index in [-0.39, 0.29) is 12.5 Å². The van der Waals surface area contributed by atoms with Crippen LogP contribution in [0, 0.1) is 6.92 Å². The molecule has 0 fully saturated rings. The Balaban J connectivity index is 2.01. The van der Waals surface area contributed by atoms with E-state index in [0.29, 0.717) is 18.7 Å². The van der Waals surface area contributed by atoms with Gasteiger partial charge in [-0.1, -0.05) is 85.3 Å². The highest BCUT2D eigenvalue weighted by molar-refractivity contribution is 7.92. The topological polar surface area (TPSA) is 86.8 Å². The van der Waals surface area contributed by atoms with Gasteiger partial charge in [-0.15, -0.1) is 0 Å². The van der Waals surface area contributed by atoms with Crippen molar-refractivity contribution in [1.82, 2.24) is 10.2 Å². The molecule has 0 aliphatic rings. The number of benzene rings is 3. The summed E-state index contributed by atoms with van der Waals surface area (Å²) in [6.45, 7) is 4.18. The maximum absolute atomic E-state index is 13.9. The quantitative estimate of drug-likeness (QED) is 0.391. The Hall–Kier alpha value is -3.65. The van der Waals surface area contributed by atoms with Gasteiger partial charge in [0.15, 0.2) is 0 Å². The minimum Gasteiger partial charge on any atom is -0.354 e. The molecular formula is C29H35N3O4S. The van der Waals surface area contributed by atoms with Crippen LogP contribution in [0.1, 0.15) is 30.0 Å². The summed E-state index contributed by atoms with van der Waals surface area (Å²) in [7, 11) is -3.76. The third-order valence-electron chi connectivity index (χ3n) is 6.02. The van der Waals surface area contributed by atoms with Crippen LogP contribution < -0.4 is 9.62 Å². The van der Waals surface area contributed by atoms with E-state index in [4.69, 9.17) is 0 Å². The molecule has 1 atom stereocenters. The van der Waals surface area contributed by atoms with Gasteiger partial charge >= 0.3 is 0 Å². The Morgan fingerprint density at radius 2 is 1.46 bits per heavy atom. The van der Waals surface area contributed by atoms with Crippen LogP contribution in [0.5, 0.6) is 0 Å². The van der Waals surface area contributed by atoms with Crippen molar-refractivity contribution in [1.29, 1.82) is 0 Å². The molecule has 0 unspecified atom stereocenters. The highest BCUT2D eigenvalue weighted by atomic mass is 32.2. The molecular weight excluding hydrogens is 486 g/mol. The molecule has 3 aromatic carbocycles. The summed E-state index contributed by atoms with van der Waals surface area (Å²) in [5, 5.41) is 2.93. The maximum atomic E-state index is 13.9. The smallest absolute Gasteiger partial charge is 0.244 e. The molecule has 3 aromatic rings. The SMILES string of the molecule is CCCNC(=O)[C@H](Cc1ccccc1)N(Cc1ccc(C)cc1)C(=O)CN(c1ccccc1)S(C)(=O)=O. The van der Waals surface area contributed by atoms with E-state index in [0.717, 1.165) is 33.7 Å². The number of carbonyl (C=O) groups excluding carboxylic acids is 2. The molecule has 0 spiro atoms. The monoisotopic (exact) mass is 521 g/mol. The maximum Gasteiger partial charge on any atom is 0.244 e. The largest absolute Gasteiger partial charge is 0.354 e. The van der Waals surface area contributed by atoms with Gasteiger partial charge in [-0.3, -0.25) is 13.9 Å². The van der Waals surface area contributed by atoms with Crippen LogP contribution in [-0.2, 0) is 32.6 Å². The van der Waals surface area contributed by atoms with E-state index in [9.17, 15) is 18.0 Å². The van der Waals surface area contributed by atoms with Gasteiger partial charge in [0.1, 0.15) is 12.6 Å². The first-order chi connectivity index (χ1) is 17.7. The number of rotatable bonds is 12. The molecule has 0 saturated heterocycles. The van der Waals surface area contributed by atoms with E-state index in [2.05, 4.69) is 5.32 Å². The Morgan fingerprint density at radius 1 is 0.865 bits per heavy atom. The summed E-state index contributed by atoms with van der Waals surface area (Å²) in [5.74, 6) is -0.723. The number of nitrogens with one attached hydrogen (secondary N) is 1. The molecule has 37 heavy (non-hydrogen) atoms. The van der Waals surface area contributed by atoms with Crippen molar-refractivity contribution in [3.63, 3.8) is 0 Å². The van der Waals surface area contributed by atoms with Crippen molar-refractivity contribution in [2.75, 3.05) is 23.7 Å². The third-order valence-corrected chi connectivity index (χ3v) is 7.16. The summed E-state index contributed by atoms with van der Waals surface area (Å²) in [6.07, 6.45) is 2.14. The number of amides is 2. The predicted molar refractivity (Wildman–Crippen MR) is 148 cm³/mol. The van der Waals surface area contributed by atoms with E-state index in [1.54, 1.807) is 30.3 Å². The number of aryl methyl sites for hydroxylation is 1. The van der Waals surface area contributed by atoms with Crippen molar-refractivity contribution in [2.45, 2.75) is 39.3 Å². The summed E-state index contributed by atoms with van der Waals surface area (Å²) in [4.78, 5) is 28.8. The molecule has 2 amide bonds. The minimum atomic E-state index is -3.76. The van der Waals surface area contributed by atoms with Crippen molar-refractivity contribution < 1.29 is 18.0 Å².